The van der Waals surface area contributed by atoms with Crippen LogP contribution >= 0.6 is 11.6 Å². The number of aliphatic hydroxyl groups excluding tert-OH is 1. The topological polar surface area (TPSA) is 23.5 Å². The zero-order valence-electron chi connectivity index (χ0n) is 9.42. The Morgan fingerprint density at radius 2 is 2.19 bits per heavy atom. The number of hydrogen-bond acceptors (Lipinski definition) is 2. The first-order valence-corrected chi connectivity index (χ1v) is 5.82. The van der Waals surface area contributed by atoms with Crippen LogP contribution in [-0.2, 0) is 6.54 Å². The van der Waals surface area contributed by atoms with Gasteiger partial charge in [-0.25, -0.2) is 4.39 Å². The Morgan fingerprint density at radius 3 is 2.75 bits per heavy atom. The quantitative estimate of drug-likeness (QED) is 0.833. The summed E-state index contributed by atoms with van der Waals surface area (Å²) < 4.78 is 13.5. The number of hydrogen-bond donors (Lipinski definition) is 1. The molecule has 1 rings (SSSR count). The molecule has 0 radical (unpaired) electrons. The van der Waals surface area contributed by atoms with Crippen LogP contribution in [0.25, 0.3) is 0 Å². The van der Waals surface area contributed by atoms with Crippen molar-refractivity contribution in [2.24, 2.45) is 0 Å². The fraction of sp³-hybridized carbons (Fsp3) is 0.500. The van der Waals surface area contributed by atoms with Crippen molar-refractivity contribution < 1.29 is 9.50 Å². The van der Waals surface area contributed by atoms with Gasteiger partial charge in [0, 0.05) is 30.3 Å². The van der Waals surface area contributed by atoms with E-state index >= 15 is 0 Å². The average Bonchev–Trinajstić information content (AvgIpc) is 2.27. The van der Waals surface area contributed by atoms with Crippen molar-refractivity contribution in [2.45, 2.75) is 19.9 Å². The minimum absolute atomic E-state index is 0.166. The highest BCUT2D eigenvalue weighted by molar-refractivity contribution is 6.30. The van der Waals surface area contributed by atoms with Gasteiger partial charge in [0.1, 0.15) is 5.82 Å². The molecule has 0 aromatic heterocycles. The van der Waals surface area contributed by atoms with Crippen molar-refractivity contribution >= 4 is 11.6 Å². The minimum Gasteiger partial charge on any atom is -0.396 e. The lowest BCUT2D eigenvalue weighted by Gasteiger charge is -2.20. The van der Waals surface area contributed by atoms with Crippen LogP contribution in [0.5, 0.6) is 0 Å². The number of nitrogens with zero attached hydrogens (tertiary/aromatic N) is 1. The molecule has 1 N–H and O–H groups in total. The molecular formula is C12H17ClFNO. The van der Waals surface area contributed by atoms with Gasteiger partial charge in [-0.3, -0.25) is 4.90 Å². The molecule has 0 aliphatic carbocycles. The number of rotatable bonds is 6. The van der Waals surface area contributed by atoms with Gasteiger partial charge in [0.2, 0.25) is 0 Å². The summed E-state index contributed by atoms with van der Waals surface area (Å²) in [6.45, 7) is 4.35. The van der Waals surface area contributed by atoms with Crippen molar-refractivity contribution in [3.05, 3.63) is 34.6 Å². The highest BCUT2D eigenvalue weighted by Gasteiger charge is 2.07. The van der Waals surface area contributed by atoms with E-state index in [4.69, 9.17) is 16.7 Å². The molecule has 0 heterocycles. The van der Waals surface area contributed by atoms with E-state index in [1.807, 2.05) is 6.92 Å². The van der Waals surface area contributed by atoms with Crippen LogP contribution < -0.4 is 0 Å². The Morgan fingerprint density at radius 1 is 1.44 bits per heavy atom. The molecule has 0 fully saturated rings. The molecule has 0 spiro atoms. The summed E-state index contributed by atoms with van der Waals surface area (Å²) in [6, 6.07) is 4.73. The lowest BCUT2D eigenvalue weighted by molar-refractivity contribution is 0.224. The number of halogens is 2. The molecule has 0 aliphatic rings. The van der Waals surface area contributed by atoms with Crippen LogP contribution in [0.2, 0.25) is 5.02 Å². The summed E-state index contributed by atoms with van der Waals surface area (Å²) in [5.41, 5.74) is 0.643. The van der Waals surface area contributed by atoms with Crippen molar-refractivity contribution in [2.75, 3.05) is 19.7 Å². The van der Waals surface area contributed by atoms with E-state index in [0.29, 0.717) is 23.6 Å². The molecule has 0 amide bonds. The number of aliphatic hydroxyl groups is 1. The fourth-order valence-electron chi connectivity index (χ4n) is 1.53. The highest BCUT2D eigenvalue weighted by Crippen LogP contribution is 2.16. The van der Waals surface area contributed by atoms with Crippen LogP contribution in [0.4, 0.5) is 4.39 Å². The van der Waals surface area contributed by atoms with Crippen molar-refractivity contribution in [1.29, 1.82) is 0 Å². The molecule has 0 atom stereocenters. The monoisotopic (exact) mass is 245 g/mol. The second-order valence-corrected chi connectivity index (χ2v) is 4.12. The van der Waals surface area contributed by atoms with Crippen LogP contribution in [0.1, 0.15) is 18.9 Å². The smallest absolute Gasteiger partial charge is 0.129 e. The SMILES string of the molecule is CCN(CCCO)Cc1ccc(Cl)cc1F. The highest BCUT2D eigenvalue weighted by atomic mass is 35.5. The summed E-state index contributed by atoms with van der Waals surface area (Å²) in [5, 5.41) is 9.17. The van der Waals surface area contributed by atoms with Gasteiger partial charge in [-0.05, 0) is 25.1 Å². The second kappa shape index (κ2) is 6.84. The van der Waals surface area contributed by atoms with Gasteiger partial charge < -0.3 is 5.11 Å². The molecule has 0 unspecified atom stereocenters. The van der Waals surface area contributed by atoms with Gasteiger partial charge >= 0.3 is 0 Å². The fourth-order valence-corrected chi connectivity index (χ4v) is 1.69. The molecule has 4 heteroatoms. The Kier molecular flexibility index (Phi) is 5.74. The van der Waals surface area contributed by atoms with Gasteiger partial charge in [0.25, 0.3) is 0 Å². The first kappa shape index (κ1) is 13.4. The molecule has 0 aliphatic heterocycles. The predicted octanol–water partition coefficient (Wildman–Crippen LogP) is 2.68. The Labute approximate surface area is 101 Å². The average molecular weight is 246 g/mol. The van der Waals surface area contributed by atoms with Gasteiger partial charge in [0.15, 0.2) is 0 Å². The molecule has 1 aromatic carbocycles. The Hall–Kier alpha value is -0.640. The third-order valence-electron chi connectivity index (χ3n) is 2.49. The van der Waals surface area contributed by atoms with Gasteiger partial charge in [-0.1, -0.05) is 24.6 Å². The maximum Gasteiger partial charge on any atom is 0.129 e. The van der Waals surface area contributed by atoms with Crippen LogP contribution in [0.15, 0.2) is 18.2 Å². The van der Waals surface area contributed by atoms with E-state index in [9.17, 15) is 4.39 Å². The van der Waals surface area contributed by atoms with Crippen LogP contribution in [0, 0.1) is 5.82 Å². The van der Waals surface area contributed by atoms with Gasteiger partial charge in [0.05, 0.1) is 0 Å². The summed E-state index contributed by atoms with van der Waals surface area (Å²) >= 11 is 5.68. The van der Waals surface area contributed by atoms with E-state index in [-0.39, 0.29) is 12.4 Å². The second-order valence-electron chi connectivity index (χ2n) is 3.68. The molecule has 16 heavy (non-hydrogen) atoms. The van der Waals surface area contributed by atoms with E-state index < -0.39 is 0 Å². The van der Waals surface area contributed by atoms with Crippen molar-refractivity contribution in [3.8, 4) is 0 Å². The Bertz CT molecular complexity index is 333. The van der Waals surface area contributed by atoms with E-state index in [2.05, 4.69) is 4.90 Å². The third kappa shape index (κ3) is 4.08. The van der Waals surface area contributed by atoms with Gasteiger partial charge in [-0.15, -0.1) is 0 Å². The maximum absolute atomic E-state index is 13.5. The predicted molar refractivity (Wildman–Crippen MR) is 64.1 cm³/mol. The zero-order valence-corrected chi connectivity index (χ0v) is 10.2. The van der Waals surface area contributed by atoms with E-state index in [1.54, 1.807) is 12.1 Å². The standard InChI is InChI=1S/C12H17ClFNO/c1-2-15(6-3-7-16)9-10-4-5-11(13)8-12(10)14/h4-5,8,16H,2-3,6-7,9H2,1H3. The lowest BCUT2D eigenvalue weighted by Crippen LogP contribution is -2.25. The van der Waals surface area contributed by atoms with Crippen LogP contribution in [0.3, 0.4) is 0 Å². The lowest BCUT2D eigenvalue weighted by atomic mass is 10.2. The number of benzene rings is 1. The molecular weight excluding hydrogens is 229 g/mol. The molecule has 1 aromatic rings. The largest absolute Gasteiger partial charge is 0.396 e. The normalized spacial score (nSPS) is 11.1. The molecule has 0 saturated heterocycles. The van der Waals surface area contributed by atoms with Crippen molar-refractivity contribution in [1.82, 2.24) is 4.90 Å². The summed E-state index contributed by atoms with van der Waals surface area (Å²) in [5.74, 6) is -0.269. The minimum atomic E-state index is -0.269. The molecule has 0 saturated carbocycles. The third-order valence-corrected chi connectivity index (χ3v) is 2.72. The maximum atomic E-state index is 13.5. The molecule has 0 bridgehead atoms. The Balaban J connectivity index is 2.62. The zero-order chi connectivity index (χ0) is 12.0. The first-order valence-electron chi connectivity index (χ1n) is 5.44. The van der Waals surface area contributed by atoms with Gasteiger partial charge in [-0.2, -0.15) is 0 Å². The summed E-state index contributed by atoms with van der Waals surface area (Å²) in [4.78, 5) is 2.09. The van der Waals surface area contributed by atoms with E-state index in [0.717, 1.165) is 13.1 Å². The summed E-state index contributed by atoms with van der Waals surface area (Å²) in [6.07, 6.45) is 0.711. The summed E-state index contributed by atoms with van der Waals surface area (Å²) in [7, 11) is 0. The first-order chi connectivity index (χ1) is 7.67. The molecule has 2 nitrogen and oxygen atoms in total. The van der Waals surface area contributed by atoms with Crippen molar-refractivity contribution in [3.63, 3.8) is 0 Å². The van der Waals surface area contributed by atoms with Crippen LogP contribution in [-0.4, -0.2) is 29.7 Å². The molecule has 90 valence electrons. The van der Waals surface area contributed by atoms with E-state index in [1.165, 1.54) is 6.07 Å².